The summed E-state index contributed by atoms with van der Waals surface area (Å²) in [6, 6.07) is 1.56. The van der Waals surface area contributed by atoms with Crippen LogP contribution in [0.25, 0.3) is 5.65 Å². The van der Waals surface area contributed by atoms with Gasteiger partial charge in [0.25, 0.3) is 0 Å². The van der Waals surface area contributed by atoms with Gasteiger partial charge in [-0.15, -0.1) is 0 Å². The monoisotopic (exact) mass is 290 g/mol. The van der Waals surface area contributed by atoms with Crippen LogP contribution in [-0.4, -0.2) is 20.5 Å². The average Bonchev–Trinajstić information content (AvgIpc) is 2.80. The molecule has 1 N–H and O–H groups in total. The molecule has 0 saturated heterocycles. The fourth-order valence-electron chi connectivity index (χ4n) is 3.29. The number of halogens is 1. The predicted octanol–water partition coefficient (Wildman–Crippen LogP) is 3.22. The topological polar surface area (TPSA) is 54.6 Å². The smallest absolute Gasteiger partial charge is 0.306 e. The second kappa shape index (κ2) is 5.47. The highest BCUT2D eigenvalue weighted by Crippen LogP contribution is 2.31. The van der Waals surface area contributed by atoms with Crippen molar-refractivity contribution < 1.29 is 14.3 Å². The lowest BCUT2D eigenvalue weighted by Gasteiger charge is -2.26. The Labute approximate surface area is 122 Å². The normalized spacial score (nSPS) is 22.6. The van der Waals surface area contributed by atoms with Gasteiger partial charge in [0.15, 0.2) is 11.5 Å². The molecular formula is C16H19FN2O2. The van der Waals surface area contributed by atoms with Crippen LogP contribution >= 0.6 is 0 Å². The largest absolute Gasteiger partial charge is 0.481 e. The van der Waals surface area contributed by atoms with Gasteiger partial charge in [-0.05, 0) is 56.6 Å². The minimum Gasteiger partial charge on any atom is -0.481 e. The Balaban J connectivity index is 1.72. The van der Waals surface area contributed by atoms with Gasteiger partial charge in [0.2, 0.25) is 0 Å². The number of carboxylic acids is 1. The van der Waals surface area contributed by atoms with Crippen LogP contribution in [0.5, 0.6) is 0 Å². The molecule has 2 heterocycles. The maximum Gasteiger partial charge on any atom is 0.306 e. The number of carbonyl (C=O) groups is 1. The third-order valence-electron chi connectivity index (χ3n) is 4.40. The Morgan fingerprint density at radius 1 is 1.38 bits per heavy atom. The van der Waals surface area contributed by atoms with Crippen LogP contribution in [-0.2, 0) is 11.2 Å². The van der Waals surface area contributed by atoms with Crippen molar-refractivity contribution >= 4 is 11.6 Å². The molecule has 5 heteroatoms. The highest BCUT2D eigenvalue weighted by atomic mass is 19.1. The van der Waals surface area contributed by atoms with Crippen LogP contribution in [0.2, 0.25) is 0 Å². The van der Waals surface area contributed by atoms with E-state index in [4.69, 9.17) is 5.11 Å². The van der Waals surface area contributed by atoms with Crippen molar-refractivity contribution in [1.29, 1.82) is 0 Å². The molecule has 1 fully saturated rings. The summed E-state index contributed by atoms with van der Waals surface area (Å²) in [5.41, 5.74) is 2.12. The molecule has 0 bridgehead atoms. The molecule has 0 radical (unpaired) electrons. The number of fused-ring (bicyclic) bond motifs is 1. The fourth-order valence-corrected chi connectivity index (χ4v) is 3.29. The third kappa shape index (κ3) is 2.91. The molecule has 0 spiro atoms. The molecule has 112 valence electrons. The molecule has 1 aliphatic carbocycles. The second-order valence-electron chi connectivity index (χ2n) is 6.07. The maximum absolute atomic E-state index is 14.0. The Morgan fingerprint density at radius 2 is 2.10 bits per heavy atom. The summed E-state index contributed by atoms with van der Waals surface area (Å²) in [5, 5.41) is 9.01. The molecule has 0 atom stereocenters. The van der Waals surface area contributed by atoms with E-state index in [2.05, 4.69) is 4.98 Å². The number of aromatic nitrogens is 2. The number of aryl methyl sites for hydroxylation is 1. The van der Waals surface area contributed by atoms with E-state index < -0.39 is 5.97 Å². The minimum absolute atomic E-state index is 0.197. The van der Waals surface area contributed by atoms with Crippen molar-refractivity contribution in [3.63, 3.8) is 0 Å². The van der Waals surface area contributed by atoms with E-state index in [0.717, 1.165) is 43.4 Å². The lowest BCUT2D eigenvalue weighted by molar-refractivity contribution is -0.143. The molecule has 0 aromatic carbocycles. The Kier molecular flexibility index (Phi) is 3.66. The predicted molar refractivity (Wildman–Crippen MR) is 76.7 cm³/mol. The van der Waals surface area contributed by atoms with Crippen molar-refractivity contribution in [1.82, 2.24) is 9.38 Å². The van der Waals surface area contributed by atoms with Crippen LogP contribution in [0.15, 0.2) is 18.5 Å². The summed E-state index contributed by atoms with van der Waals surface area (Å²) in [5.74, 6) is -0.728. The van der Waals surface area contributed by atoms with E-state index >= 15 is 0 Å². The lowest BCUT2D eigenvalue weighted by Crippen LogP contribution is -2.22. The van der Waals surface area contributed by atoms with E-state index in [1.165, 1.54) is 0 Å². The summed E-state index contributed by atoms with van der Waals surface area (Å²) in [4.78, 5) is 15.1. The lowest BCUT2D eigenvalue weighted by atomic mass is 9.79. The van der Waals surface area contributed by atoms with Gasteiger partial charge in [0.05, 0.1) is 11.6 Å². The first-order valence-corrected chi connectivity index (χ1v) is 7.39. The van der Waals surface area contributed by atoms with Crippen molar-refractivity contribution in [3.8, 4) is 0 Å². The molecule has 1 saturated carbocycles. The Hall–Kier alpha value is -1.91. The summed E-state index contributed by atoms with van der Waals surface area (Å²) >= 11 is 0. The van der Waals surface area contributed by atoms with Gasteiger partial charge in [0.1, 0.15) is 0 Å². The summed E-state index contributed by atoms with van der Waals surface area (Å²) in [6.07, 6.45) is 7.82. The zero-order valence-electron chi connectivity index (χ0n) is 12.1. The van der Waals surface area contributed by atoms with E-state index in [1.807, 2.05) is 19.3 Å². The molecule has 0 amide bonds. The van der Waals surface area contributed by atoms with Crippen LogP contribution in [0.3, 0.4) is 0 Å². The number of carboxylic acid groups (broad SMARTS) is 1. The minimum atomic E-state index is -0.685. The molecule has 21 heavy (non-hydrogen) atoms. The van der Waals surface area contributed by atoms with E-state index in [0.29, 0.717) is 11.6 Å². The molecule has 4 nitrogen and oxygen atoms in total. The van der Waals surface area contributed by atoms with Gasteiger partial charge < -0.3 is 9.51 Å². The van der Waals surface area contributed by atoms with Crippen LogP contribution in [0.4, 0.5) is 4.39 Å². The van der Waals surface area contributed by atoms with E-state index in [-0.39, 0.29) is 11.7 Å². The fraction of sp³-hybridized carbons (Fsp3) is 0.500. The molecule has 0 aliphatic heterocycles. The SMILES string of the molecule is Cc1cn2cc(CC3CCC(C(=O)O)CC3)cc(F)c2n1. The van der Waals surface area contributed by atoms with Crippen molar-refractivity contribution in [2.75, 3.05) is 0 Å². The number of pyridine rings is 1. The molecule has 2 aromatic rings. The van der Waals surface area contributed by atoms with Gasteiger partial charge >= 0.3 is 5.97 Å². The number of rotatable bonds is 3. The van der Waals surface area contributed by atoms with Crippen LogP contribution < -0.4 is 0 Å². The quantitative estimate of drug-likeness (QED) is 0.944. The summed E-state index contributed by atoms with van der Waals surface area (Å²) in [6.45, 7) is 1.85. The first-order chi connectivity index (χ1) is 10.0. The zero-order valence-corrected chi connectivity index (χ0v) is 12.1. The van der Waals surface area contributed by atoms with Crippen LogP contribution in [0, 0.1) is 24.6 Å². The van der Waals surface area contributed by atoms with Crippen molar-refractivity contribution in [2.45, 2.75) is 39.0 Å². The van der Waals surface area contributed by atoms with Gasteiger partial charge in [-0.3, -0.25) is 4.79 Å². The van der Waals surface area contributed by atoms with Gasteiger partial charge in [-0.2, -0.15) is 0 Å². The number of nitrogens with zero attached hydrogens (tertiary/aromatic N) is 2. The van der Waals surface area contributed by atoms with E-state index in [9.17, 15) is 9.18 Å². The van der Waals surface area contributed by atoms with Gasteiger partial charge in [-0.1, -0.05) is 0 Å². The first kappa shape index (κ1) is 14.0. The number of aliphatic carboxylic acids is 1. The van der Waals surface area contributed by atoms with Gasteiger partial charge in [0, 0.05) is 12.4 Å². The Bertz CT molecular complexity index is 672. The Morgan fingerprint density at radius 3 is 2.76 bits per heavy atom. The van der Waals surface area contributed by atoms with Crippen LogP contribution in [0.1, 0.15) is 36.9 Å². The van der Waals surface area contributed by atoms with Crippen molar-refractivity contribution in [3.05, 3.63) is 35.5 Å². The molecular weight excluding hydrogens is 271 g/mol. The highest BCUT2D eigenvalue weighted by Gasteiger charge is 2.26. The number of hydrogen-bond acceptors (Lipinski definition) is 2. The summed E-state index contributed by atoms with van der Waals surface area (Å²) in [7, 11) is 0. The number of hydrogen-bond donors (Lipinski definition) is 1. The number of imidazole rings is 1. The second-order valence-corrected chi connectivity index (χ2v) is 6.07. The zero-order chi connectivity index (χ0) is 15.0. The molecule has 0 unspecified atom stereocenters. The first-order valence-electron chi connectivity index (χ1n) is 7.39. The standard InChI is InChI=1S/C16H19FN2O2/c1-10-8-19-9-12(7-14(17)15(19)18-10)6-11-2-4-13(5-3-11)16(20)21/h7-9,11,13H,2-6H2,1H3,(H,20,21). The van der Waals surface area contributed by atoms with Gasteiger partial charge in [-0.25, -0.2) is 9.37 Å². The molecule has 1 aliphatic rings. The van der Waals surface area contributed by atoms with Crippen molar-refractivity contribution in [2.24, 2.45) is 11.8 Å². The summed E-state index contributed by atoms with van der Waals surface area (Å²) < 4.78 is 15.8. The molecule has 2 aromatic heterocycles. The third-order valence-corrected chi connectivity index (χ3v) is 4.40. The molecule has 3 rings (SSSR count). The van der Waals surface area contributed by atoms with E-state index in [1.54, 1.807) is 10.5 Å². The highest BCUT2D eigenvalue weighted by molar-refractivity contribution is 5.70. The maximum atomic E-state index is 14.0. The average molecular weight is 290 g/mol.